The minimum atomic E-state index is -0.695. The molecule has 0 bridgehead atoms. The van der Waals surface area contributed by atoms with Crippen LogP contribution in [0.5, 0.6) is 0 Å². The Labute approximate surface area is 121 Å². The summed E-state index contributed by atoms with van der Waals surface area (Å²) in [7, 11) is 0. The van der Waals surface area contributed by atoms with E-state index in [4.69, 9.17) is 0 Å². The molecule has 0 unspecified atom stereocenters. The fraction of sp³-hybridized carbons (Fsp3) is 0.562. The van der Waals surface area contributed by atoms with Crippen LogP contribution >= 0.6 is 0 Å². The highest BCUT2D eigenvalue weighted by Crippen LogP contribution is 2.13. The van der Waals surface area contributed by atoms with Gasteiger partial charge in [-0.15, -0.1) is 0 Å². The summed E-state index contributed by atoms with van der Waals surface area (Å²) < 4.78 is 0. The van der Waals surface area contributed by atoms with Gasteiger partial charge in [0.05, 0.1) is 0 Å². The summed E-state index contributed by atoms with van der Waals surface area (Å²) in [4.78, 5) is 15.7. The predicted molar refractivity (Wildman–Crippen MR) is 79.7 cm³/mol. The van der Waals surface area contributed by atoms with Gasteiger partial charge in [0.25, 0.3) is 0 Å². The van der Waals surface area contributed by atoms with Gasteiger partial charge in [-0.3, -0.25) is 14.6 Å². The third kappa shape index (κ3) is 3.81. The summed E-state index contributed by atoms with van der Waals surface area (Å²) in [6.45, 7) is 8.58. The molecule has 1 fully saturated rings. The number of benzene rings is 1. The molecule has 0 radical (unpaired) electrons. The van der Waals surface area contributed by atoms with Gasteiger partial charge in [0.1, 0.15) is 6.04 Å². The van der Waals surface area contributed by atoms with Crippen LogP contribution in [0.25, 0.3) is 0 Å². The van der Waals surface area contributed by atoms with Crippen molar-refractivity contribution in [3.8, 4) is 0 Å². The van der Waals surface area contributed by atoms with E-state index in [0.717, 1.165) is 32.7 Å². The number of aryl methyl sites for hydroxylation is 1. The van der Waals surface area contributed by atoms with Crippen molar-refractivity contribution in [3.63, 3.8) is 0 Å². The van der Waals surface area contributed by atoms with E-state index in [1.165, 1.54) is 11.1 Å². The summed E-state index contributed by atoms with van der Waals surface area (Å²) in [5.74, 6) is -0.695. The molecule has 1 saturated heterocycles. The second-order valence-corrected chi connectivity index (χ2v) is 5.56. The standard InChI is InChI=1S/C16H24N2O2/c1-3-15(16(19)20)18-9-7-17(8-10-18)12-14-6-4-5-13(2)11-14/h4-6,11,15H,3,7-10,12H2,1-2H3,(H,19,20)/t15-/m0/s1. The van der Waals surface area contributed by atoms with Crippen LogP contribution in [0.15, 0.2) is 24.3 Å². The van der Waals surface area contributed by atoms with Crippen molar-refractivity contribution in [2.24, 2.45) is 0 Å². The van der Waals surface area contributed by atoms with E-state index < -0.39 is 5.97 Å². The van der Waals surface area contributed by atoms with Gasteiger partial charge >= 0.3 is 5.97 Å². The molecule has 4 heteroatoms. The third-order valence-electron chi connectivity index (χ3n) is 4.01. The van der Waals surface area contributed by atoms with Gasteiger partial charge in [0, 0.05) is 32.7 Å². The Bertz CT molecular complexity index is 454. The lowest BCUT2D eigenvalue weighted by atomic mass is 10.1. The molecule has 1 aliphatic heterocycles. The van der Waals surface area contributed by atoms with E-state index in [1.54, 1.807) is 0 Å². The highest BCUT2D eigenvalue weighted by atomic mass is 16.4. The Morgan fingerprint density at radius 2 is 2.00 bits per heavy atom. The van der Waals surface area contributed by atoms with Gasteiger partial charge in [-0.05, 0) is 18.9 Å². The number of piperazine rings is 1. The van der Waals surface area contributed by atoms with Crippen LogP contribution in [0, 0.1) is 6.92 Å². The Morgan fingerprint density at radius 3 is 2.55 bits per heavy atom. The molecular weight excluding hydrogens is 252 g/mol. The summed E-state index contributed by atoms with van der Waals surface area (Å²) in [6.07, 6.45) is 0.674. The van der Waals surface area contributed by atoms with Crippen LogP contribution in [0.1, 0.15) is 24.5 Å². The first-order valence-corrected chi connectivity index (χ1v) is 7.35. The molecule has 1 aliphatic rings. The smallest absolute Gasteiger partial charge is 0.320 e. The average Bonchev–Trinajstić information content (AvgIpc) is 2.41. The summed E-state index contributed by atoms with van der Waals surface area (Å²) >= 11 is 0. The number of hydrogen-bond donors (Lipinski definition) is 1. The molecule has 1 aromatic carbocycles. The fourth-order valence-electron chi connectivity index (χ4n) is 2.89. The molecule has 1 aromatic rings. The quantitative estimate of drug-likeness (QED) is 0.893. The fourth-order valence-corrected chi connectivity index (χ4v) is 2.89. The molecule has 2 rings (SSSR count). The van der Waals surface area contributed by atoms with E-state index in [2.05, 4.69) is 41.0 Å². The largest absolute Gasteiger partial charge is 0.480 e. The molecule has 0 spiro atoms. The molecule has 0 saturated carbocycles. The molecule has 4 nitrogen and oxygen atoms in total. The molecule has 1 atom stereocenters. The number of aliphatic carboxylic acids is 1. The lowest BCUT2D eigenvalue weighted by Gasteiger charge is -2.37. The SMILES string of the molecule is CC[C@@H](C(=O)O)N1CCN(Cc2cccc(C)c2)CC1. The Kier molecular flexibility index (Phi) is 5.15. The van der Waals surface area contributed by atoms with Crippen molar-refractivity contribution in [2.45, 2.75) is 32.9 Å². The number of carboxylic acids is 1. The van der Waals surface area contributed by atoms with Gasteiger partial charge in [0.2, 0.25) is 0 Å². The maximum absolute atomic E-state index is 11.2. The monoisotopic (exact) mass is 276 g/mol. The van der Waals surface area contributed by atoms with Crippen molar-refractivity contribution in [3.05, 3.63) is 35.4 Å². The van der Waals surface area contributed by atoms with Gasteiger partial charge in [-0.1, -0.05) is 36.8 Å². The maximum atomic E-state index is 11.2. The molecule has 0 aromatic heterocycles. The topological polar surface area (TPSA) is 43.8 Å². The highest BCUT2D eigenvalue weighted by Gasteiger charge is 2.27. The van der Waals surface area contributed by atoms with Crippen LogP contribution in [0.4, 0.5) is 0 Å². The highest BCUT2D eigenvalue weighted by molar-refractivity contribution is 5.73. The third-order valence-corrected chi connectivity index (χ3v) is 4.01. The average molecular weight is 276 g/mol. The first-order valence-electron chi connectivity index (χ1n) is 7.35. The van der Waals surface area contributed by atoms with E-state index in [0.29, 0.717) is 6.42 Å². The second-order valence-electron chi connectivity index (χ2n) is 5.56. The predicted octanol–water partition coefficient (Wildman–Crippen LogP) is 1.98. The van der Waals surface area contributed by atoms with Crippen molar-refractivity contribution in [1.82, 2.24) is 9.80 Å². The Balaban J connectivity index is 1.86. The molecule has 20 heavy (non-hydrogen) atoms. The van der Waals surface area contributed by atoms with E-state index in [-0.39, 0.29) is 6.04 Å². The Hall–Kier alpha value is -1.39. The van der Waals surface area contributed by atoms with E-state index in [9.17, 15) is 9.90 Å². The molecule has 0 aliphatic carbocycles. The normalized spacial score (nSPS) is 18.9. The lowest BCUT2D eigenvalue weighted by Crippen LogP contribution is -2.52. The minimum absolute atomic E-state index is 0.323. The summed E-state index contributed by atoms with van der Waals surface area (Å²) in [6, 6.07) is 8.26. The first-order chi connectivity index (χ1) is 9.60. The van der Waals surface area contributed by atoms with Crippen molar-refractivity contribution < 1.29 is 9.90 Å². The maximum Gasteiger partial charge on any atom is 0.320 e. The molecular formula is C16H24N2O2. The second kappa shape index (κ2) is 6.86. The van der Waals surface area contributed by atoms with Crippen LogP contribution in [-0.4, -0.2) is 53.1 Å². The number of carbonyl (C=O) groups is 1. The van der Waals surface area contributed by atoms with E-state index >= 15 is 0 Å². The zero-order valence-electron chi connectivity index (χ0n) is 12.4. The Morgan fingerprint density at radius 1 is 1.30 bits per heavy atom. The van der Waals surface area contributed by atoms with Gasteiger partial charge in [0.15, 0.2) is 0 Å². The molecule has 1 N–H and O–H groups in total. The molecule has 1 heterocycles. The first kappa shape index (κ1) is 15.0. The summed E-state index contributed by atoms with van der Waals surface area (Å²) in [5.41, 5.74) is 2.63. The summed E-state index contributed by atoms with van der Waals surface area (Å²) in [5, 5.41) is 9.20. The minimum Gasteiger partial charge on any atom is -0.480 e. The van der Waals surface area contributed by atoms with Crippen LogP contribution in [0.3, 0.4) is 0 Å². The van der Waals surface area contributed by atoms with Crippen LogP contribution in [-0.2, 0) is 11.3 Å². The van der Waals surface area contributed by atoms with Crippen LogP contribution < -0.4 is 0 Å². The van der Waals surface area contributed by atoms with Crippen LogP contribution in [0.2, 0.25) is 0 Å². The van der Waals surface area contributed by atoms with Gasteiger partial charge in [-0.2, -0.15) is 0 Å². The van der Waals surface area contributed by atoms with Gasteiger partial charge < -0.3 is 5.11 Å². The number of carboxylic acid groups (broad SMARTS) is 1. The zero-order chi connectivity index (χ0) is 14.5. The van der Waals surface area contributed by atoms with E-state index in [1.807, 2.05) is 6.92 Å². The lowest BCUT2D eigenvalue weighted by molar-refractivity contribution is -0.144. The van der Waals surface area contributed by atoms with Crippen molar-refractivity contribution in [2.75, 3.05) is 26.2 Å². The molecule has 110 valence electrons. The molecule has 0 amide bonds. The van der Waals surface area contributed by atoms with Crippen molar-refractivity contribution >= 4 is 5.97 Å². The number of nitrogens with zero attached hydrogens (tertiary/aromatic N) is 2. The zero-order valence-corrected chi connectivity index (χ0v) is 12.4. The van der Waals surface area contributed by atoms with Crippen molar-refractivity contribution in [1.29, 1.82) is 0 Å². The number of hydrogen-bond acceptors (Lipinski definition) is 3. The van der Waals surface area contributed by atoms with Gasteiger partial charge in [-0.25, -0.2) is 0 Å². The number of rotatable bonds is 5.